The quantitative estimate of drug-likeness (QED) is 0.846. The second-order valence-corrected chi connectivity index (χ2v) is 5.71. The van der Waals surface area contributed by atoms with Crippen molar-refractivity contribution in [3.63, 3.8) is 0 Å². The minimum absolute atomic E-state index is 0.0428. The summed E-state index contributed by atoms with van der Waals surface area (Å²) in [5, 5.41) is 2.74. The average molecular weight is 315 g/mol. The molecule has 0 bridgehead atoms. The number of hydrogen-bond acceptors (Lipinski definition) is 2. The molecule has 0 aromatic heterocycles. The number of carbonyl (C=O) groups is 1. The summed E-state index contributed by atoms with van der Waals surface area (Å²) >= 11 is 0. The van der Waals surface area contributed by atoms with Crippen LogP contribution < -0.4 is 10.1 Å². The molecule has 0 unspecified atom stereocenters. The second kappa shape index (κ2) is 8.32. The lowest BCUT2D eigenvalue weighted by Gasteiger charge is -2.10. The Balaban J connectivity index is 1.75. The van der Waals surface area contributed by atoms with Gasteiger partial charge in [-0.2, -0.15) is 0 Å². The largest absolute Gasteiger partial charge is 0.484 e. The third kappa shape index (κ3) is 5.40. The van der Waals surface area contributed by atoms with E-state index in [2.05, 4.69) is 19.2 Å². The Labute approximate surface area is 136 Å². The molecule has 23 heavy (non-hydrogen) atoms. The molecule has 1 amide bonds. The summed E-state index contributed by atoms with van der Waals surface area (Å²) in [6.45, 7) is 4.55. The van der Waals surface area contributed by atoms with Crippen LogP contribution in [0.3, 0.4) is 0 Å². The Hall–Kier alpha value is -2.36. The van der Waals surface area contributed by atoms with E-state index in [-0.39, 0.29) is 18.3 Å². The van der Waals surface area contributed by atoms with Crippen LogP contribution in [0.4, 0.5) is 4.39 Å². The smallest absolute Gasteiger partial charge is 0.257 e. The van der Waals surface area contributed by atoms with Crippen LogP contribution in [0.5, 0.6) is 5.75 Å². The summed E-state index contributed by atoms with van der Waals surface area (Å²) < 4.78 is 18.9. The number of carbonyl (C=O) groups excluding carboxylic acids is 1. The van der Waals surface area contributed by atoms with Crippen molar-refractivity contribution in [3.8, 4) is 5.75 Å². The van der Waals surface area contributed by atoms with Crippen LogP contribution in [0.1, 0.15) is 30.9 Å². The molecule has 4 heteroatoms. The van der Waals surface area contributed by atoms with E-state index < -0.39 is 0 Å². The van der Waals surface area contributed by atoms with E-state index in [0.717, 1.165) is 0 Å². The average Bonchev–Trinajstić information content (AvgIpc) is 2.55. The predicted molar refractivity (Wildman–Crippen MR) is 89.1 cm³/mol. The zero-order valence-corrected chi connectivity index (χ0v) is 13.5. The van der Waals surface area contributed by atoms with Crippen LogP contribution in [-0.2, 0) is 11.2 Å². The molecule has 0 fully saturated rings. The minimum atomic E-state index is -0.247. The molecule has 0 heterocycles. The molecule has 0 atom stereocenters. The van der Waals surface area contributed by atoms with Crippen molar-refractivity contribution in [2.75, 3.05) is 13.2 Å². The van der Waals surface area contributed by atoms with E-state index in [4.69, 9.17) is 4.74 Å². The van der Waals surface area contributed by atoms with Crippen LogP contribution in [0, 0.1) is 5.82 Å². The highest BCUT2D eigenvalue weighted by molar-refractivity contribution is 5.77. The summed E-state index contributed by atoms with van der Waals surface area (Å²) in [6.07, 6.45) is 0.460. The van der Waals surface area contributed by atoms with Gasteiger partial charge in [0.25, 0.3) is 5.91 Å². The summed E-state index contributed by atoms with van der Waals surface area (Å²) in [5.74, 6) is 0.633. The molecule has 0 aliphatic rings. The van der Waals surface area contributed by atoms with E-state index in [0.29, 0.717) is 30.2 Å². The number of hydrogen-bond donors (Lipinski definition) is 1. The van der Waals surface area contributed by atoms with Gasteiger partial charge in [-0.15, -0.1) is 0 Å². The summed E-state index contributed by atoms with van der Waals surface area (Å²) in [5.41, 5.74) is 1.76. The predicted octanol–water partition coefficient (Wildman–Crippen LogP) is 3.69. The van der Waals surface area contributed by atoms with Crippen molar-refractivity contribution in [3.05, 3.63) is 65.5 Å². The van der Waals surface area contributed by atoms with Crippen LogP contribution in [0.25, 0.3) is 0 Å². The molecule has 0 saturated heterocycles. The normalized spacial score (nSPS) is 10.6. The number of nitrogens with one attached hydrogen (secondary N) is 1. The number of amides is 1. The fourth-order valence-electron chi connectivity index (χ4n) is 2.20. The first kappa shape index (κ1) is 17.0. The van der Waals surface area contributed by atoms with E-state index in [9.17, 15) is 9.18 Å². The van der Waals surface area contributed by atoms with Crippen molar-refractivity contribution in [2.45, 2.75) is 26.2 Å². The van der Waals surface area contributed by atoms with Gasteiger partial charge in [-0.1, -0.05) is 44.2 Å². The van der Waals surface area contributed by atoms with Gasteiger partial charge in [0.05, 0.1) is 0 Å². The van der Waals surface area contributed by atoms with Gasteiger partial charge in [-0.3, -0.25) is 4.79 Å². The number of halogens is 1. The molecule has 0 aliphatic carbocycles. The fourth-order valence-corrected chi connectivity index (χ4v) is 2.20. The molecule has 122 valence electrons. The van der Waals surface area contributed by atoms with E-state index >= 15 is 0 Å². The maximum Gasteiger partial charge on any atom is 0.257 e. The SMILES string of the molecule is CC(C)c1cccc(OCC(=O)NCCc2ccccc2F)c1. The number of rotatable bonds is 7. The molecule has 3 nitrogen and oxygen atoms in total. The Kier molecular flexibility index (Phi) is 6.15. The molecule has 2 rings (SSSR count). The molecule has 0 spiro atoms. The van der Waals surface area contributed by atoms with Crippen LogP contribution in [-0.4, -0.2) is 19.1 Å². The third-order valence-electron chi connectivity index (χ3n) is 3.57. The van der Waals surface area contributed by atoms with Gasteiger partial charge in [-0.05, 0) is 41.7 Å². The molecule has 2 aromatic carbocycles. The molecular formula is C19H22FNO2. The van der Waals surface area contributed by atoms with Gasteiger partial charge in [0.1, 0.15) is 11.6 Å². The van der Waals surface area contributed by atoms with Crippen LogP contribution >= 0.6 is 0 Å². The third-order valence-corrected chi connectivity index (χ3v) is 3.57. The van der Waals surface area contributed by atoms with Crippen molar-refractivity contribution in [1.29, 1.82) is 0 Å². The van der Waals surface area contributed by atoms with Crippen LogP contribution in [0.15, 0.2) is 48.5 Å². The maximum atomic E-state index is 13.4. The van der Waals surface area contributed by atoms with Crippen LogP contribution in [0.2, 0.25) is 0 Å². The standard InChI is InChI=1S/C19H22FNO2/c1-14(2)16-7-5-8-17(12-16)23-13-19(22)21-11-10-15-6-3-4-9-18(15)20/h3-9,12,14H,10-11,13H2,1-2H3,(H,21,22). The molecule has 0 saturated carbocycles. The number of ether oxygens (including phenoxy) is 1. The van der Waals surface area contributed by atoms with Gasteiger partial charge in [-0.25, -0.2) is 4.39 Å². The first-order valence-electron chi connectivity index (χ1n) is 7.79. The molecule has 0 aliphatic heterocycles. The van der Waals surface area contributed by atoms with Gasteiger partial charge < -0.3 is 10.1 Å². The summed E-state index contributed by atoms with van der Waals surface area (Å²) in [7, 11) is 0. The fraction of sp³-hybridized carbons (Fsp3) is 0.316. The van der Waals surface area contributed by atoms with E-state index in [1.807, 2.05) is 24.3 Å². The molecule has 0 radical (unpaired) electrons. The Morgan fingerprint density at radius 2 is 1.96 bits per heavy atom. The lowest BCUT2D eigenvalue weighted by molar-refractivity contribution is -0.123. The van der Waals surface area contributed by atoms with Gasteiger partial charge in [0.2, 0.25) is 0 Å². The lowest BCUT2D eigenvalue weighted by atomic mass is 10.0. The van der Waals surface area contributed by atoms with Gasteiger partial charge in [0.15, 0.2) is 6.61 Å². The van der Waals surface area contributed by atoms with Crippen molar-refractivity contribution in [1.82, 2.24) is 5.32 Å². The monoisotopic (exact) mass is 315 g/mol. The molecule has 1 N–H and O–H groups in total. The first-order chi connectivity index (χ1) is 11.1. The highest BCUT2D eigenvalue weighted by Gasteiger charge is 2.06. The Morgan fingerprint density at radius 1 is 1.17 bits per heavy atom. The van der Waals surface area contributed by atoms with Crippen molar-refractivity contribution < 1.29 is 13.9 Å². The topological polar surface area (TPSA) is 38.3 Å². The molecule has 2 aromatic rings. The van der Waals surface area contributed by atoms with E-state index in [1.165, 1.54) is 11.6 Å². The lowest BCUT2D eigenvalue weighted by Crippen LogP contribution is -2.30. The first-order valence-corrected chi connectivity index (χ1v) is 7.79. The van der Waals surface area contributed by atoms with Crippen molar-refractivity contribution in [2.24, 2.45) is 0 Å². The maximum absolute atomic E-state index is 13.4. The van der Waals surface area contributed by atoms with Gasteiger partial charge in [0, 0.05) is 6.54 Å². The van der Waals surface area contributed by atoms with Gasteiger partial charge >= 0.3 is 0 Å². The highest BCUT2D eigenvalue weighted by atomic mass is 19.1. The van der Waals surface area contributed by atoms with Crippen molar-refractivity contribution >= 4 is 5.91 Å². The Bertz CT molecular complexity index is 655. The second-order valence-electron chi connectivity index (χ2n) is 5.71. The minimum Gasteiger partial charge on any atom is -0.484 e. The summed E-state index contributed by atoms with van der Waals surface area (Å²) in [6, 6.07) is 14.3. The molecular weight excluding hydrogens is 293 g/mol. The zero-order valence-electron chi connectivity index (χ0n) is 13.5. The number of benzene rings is 2. The Morgan fingerprint density at radius 3 is 2.70 bits per heavy atom. The zero-order chi connectivity index (χ0) is 16.7. The summed E-state index contributed by atoms with van der Waals surface area (Å²) in [4.78, 5) is 11.8. The van der Waals surface area contributed by atoms with E-state index in [1.54, 1.807) is 18.2 Å². The highest BCUT2D eigenvalue weighted by Crippen LogP contribution is 2.19.